The van der Waals surface area contributed by atoms with Gasteiger partial charge in [0.2, 0.25) is 17.7 Å². The van der Waals surface area contributed by atoms with Gasteiger partial charge in [-0.2, -0.15) is 0 Å². The average molecular weight is 580 g/mol. The van der Waals surface area contributed by atoms with Gasteiger partial charge in [-0.05, 0) is 54.0 Å². The number of para-hydroxylation sites is 1. The number of nitrogens with one attached hydrogen (secondary N) is 4. The van der Waals surface area contributed by atoms with Gasteiger partial charge in [0.05, 0.1) is 6.04 Å². The SMILES string of the molecule is CC(C)CC(NC(=O)C(Cc1c[nH]c2ccccc12)NC(=O)C(NC(=O)C(N)Cc1ccc(O)cc1)C(C)C)C(=O)O. The molecule has 226 valence electrons. The van der Waals surface area contributed by atoms with Gasteiger partial charge < -0.3 is 36.9 Å². The van der Waals surface area contributed by atoms with Crippen LogP contribution in [0.4, 0.5) is 0 Å². The molecular formula is C31H41N5O6. The molecule has 3 amide bonds. The minimum Gasteiger partial charge on any atom is -0.508 e. The number of rotatable bonds is 14. The van der Waals surface area contributed by atoms with Crippen LogP contribution in [0, 0.1) is 11.8 Å². The van der Waals surface area contributed by atoms with Crippen molar-refractivity contribution in [1.82, 2.24) is 20.9 Å². The Balaban J connectivity index is 1.79. The third-order valence-electron chi connectivity index (χ3n) is 7.03. The fourth-order valence-corrected chi connectivity index (χ4v) is 4.73. The van der Waals surface area contributed by atoms with E-state index in [2.05, 4.69) is 20.9 Å². The largest absolute Gasteiger partial charge is 0.508 e. The zero-order chi connectivity index (χ0) is 31.0. The van der Waals surface area contributed by atoms with E-state index >= 15 is 0 Å². The van der Waals surface area contributed by atoms with Crippen LogP contribution in [0.2, 0.25) is 0 Å². The number of aromatic amines is 1. The molecule has 0 aliphatic carbocycles. The lowest BCUT2D eigenvalue weighted by molar-refractivity contribution is -0.142. The molecule has 0 bridgehead atoms. The summed E-state index contributed by atoms with van der Waals surface area (Å²) in [6, 6.07) is 9.63. The second-order valence-electron chi connectivity index (χ2n) is 11.4. The predicted octanol–water partition coefficient (Wildman–Crippen LogP) is 2.23. The van der Waals surface area contributed by atoms with Gasteiger partial charge in [-0.3, -0.25) is 14.4 Å². The van der Waals surface area contributed by atoms with Crippen molar-refractivity contribution in [2.24, 2.45) is 17.6 Å². The number of fused-ring (bicyclic) bond motifs is 1. The van der Waals surface area contributed by atoms with Crippen LogP contribution in [0.5, 0.6) is 5.75 Å². The van der Waals surface area contributed by atoms with Crippen LogP contribution in [0.1, 0.15) is 45.2 Å². The first-order valence-corrected chi connectivity index (χ1v) is 14.1. The van der Waals surface area contributed by atoms with Gasteiger partial charge >= 0.3 is 5.97 Å². The predicted molar refractivity (Wildman–Crippen MR) is 160 cm³/mol. The van der Waals surface area contributed by atoms with Crippen LogP contribution >= 0.6 is 0 Å². The van der Waals surface area contributed by atoms with Crippen molar-refractivity contribution < 1.29 is 29.4 Å². The van der Waals surface area contributed by atoms with E-state index in [0.29, 0.717) is 0 Å². The van der Waals surface area contributed by atoms with E-state index in [0.717, 1.165) is 22.0 Å². The highest BCUT2D eigenvalue weighted by Gasteiger charge is 2.32. The fourth-order valence-electron chi connectivity index (χ4n) is 4.73. The summed E-state index contributed by atoms with van der Waals surface area (Å²) in [5.74, 6) is -3.18. The molecule has 1 aromatic heterocycles. The Labute approximate surface area is 245 Å². The zero-order valence-corrected chi connectivity index (χ0v) is 24.4. The number of aromatic nitrogens is 1. The van der Waals surface area contributed by atoms with Crippen LogP contribution in [-0.2, 0) is 32.0 Å². The number of carboxylic acid groups (broad SMARTS) is 1. The molecule has 3 aromatic rings. The molecule has 3 rings (SSSR count). The lowest BCUT2D eigenvalue weighted by atomic mass is 9.99. The lowest BCUT2D eigenvalue weighted by Crippen LogP contribution is -2.59. The number of aliphatic carboxylic acids is 1. The zero-order valence-electron chi connectivity index (χ0n) is 24.4. The third-order valence-corrected chi connectivity index (χ3v) is 7.03. The van der Waals surface area contributed by atoms with Crippen molar-refractivity contribution >= 4 is 34.6 Å². The maximum atomic E-state index is 13.5. The summed E-state index contributed by atoms with van der Waals surface area (Å²) >= 11 is 0. The molecule has 2 aromatic carbocycles. The molecule has 0 aliphatic rings. The molecule has 4 atom stereocenters. The second kappa shape index (κ2) is 14.5. The molecule has 0 fully saturated rings. The number of phenolic OH excluding ortho intramolecular Hbond substituents is 1. The normalized spacial score (nSPS) is 14.3. The summed E-state index contributed by atoms with van der Waals surface area (Å²) in [6.45, 7) is 7.23. The van der Waals surface area contributed by atoms with Crippen molar-refractivity contribution in [2.45, 2.75) is 71.1 Å². The number of aromatic hydroxyl groups is 1. The summed E-state index contributed by atoms with van der Waals surface area (Å²) in [5.41, 5.74) is 8.49. The van der Waals surface area contributed by atoms with Crippen LogP contribution in [-0.4, -0.2) is 63.1 Å². The van der Waals surface area contributed by atoms with Gasteiger partial charge in [0.25, 0.3) is 0 Å². The van der Waals surface area contributed by atoms with Gasteiger partial charge in [-0.25, -0.2) is 4.79 Å². The van der Waals surface area contributed by atoms with E-state index in [1.54, 1.807) is 32.2 Å². The molecule has 0 saturated carbocycles. The van der Waals surface area contributed by atoms with Gasteiger partial charge in [-0.15, -0.1) is 0 Å². The Morgan fingerprint density at radius 2 is 1.48 bits per heavy atom. The van der Waals surface area contributed by atoms with Gasteiger partial charge in [0.1, 0.15) is 23.9 Å². The first-order valence-electron chi connectivity index (χ1n) is 14.1. The Hall–Kier alpha value is -4.38. The molecule has 0 spiro atoms. The Morgan fingerprint density at radius 3 is 2.10 bits per heavy atom. The van der Waals surface area contributed by atoms with Gasteiger partial charge in [-0.1, -0.05) is 58.0 Å². The molecule has 0 aliphatic heterocycles. The molecular weight excluding hydrogens is 538 g/mol. The van der Waals surface area contributed by atoms with Crippen LogP contribution in [0.25, 0.3) is 10.9 Å². The summed E-state index contributed by atoms with van der Waals surface area (Å²) in [5, 5.41) is 28.1. The summed E-state index contributed by atoms with van der Waals surface area (Å²) in [7, 11) is 0. The molecule has 11 nitrogen and oxygen atoms in total. The maximum Gasteiger partial charge on any atom is 0.326 e. The Kier molecular flexibility index (Phi) is 11.1. The Morgan fingerprint density at radius 1 is 0.833 bits per heavy atom. The smallest absolute Gasteiger partial charge is 0.326 e. The monoisotopic (exact) mass is 579 g/mol. The Bertz CT molecular complexity index is 1380. The number of phenols is 1. The van der Waals surface area contributed by atoms with Crippen LogP contribution < -0.4 is 21.7 Å². The minimum atomic E-state index is -1.16. The number of amides is 3. The third kappa shape index (κ3) is 8.81. The number of carbonyl (C=O) groups is 4. The minimum absolute atomic E-state index is 0.0133. The van der Waals surface area contributed by atoms with Crippen molar-refractivity contribution in [3.05, 3.63) is 65.9 Å². The summed E-state index contributed by atoms with van der Waals surface area (Å²) < 4.78 is 0. The number of carbonyl (C=O) groups excluding carboxylic acids is 3. The average Bonchev–Trinajstić information content (AvgIpc) is 3.34. The van der Waals surface area contributed by atoms with Gasteiger partial charge in [0, 0.05) is 23.5 Å². The van der Waals surface area contributed by atoms with E-state index in [1.807, 2.05) is 38.1 Å². The molecule has 42 heavy (non-hydrogen) atoms. The number of hydrogen-bond acceptors (Lipinski definition) is 6. The summed E-state index contributed by atoms with van der Waals surface area (Å²) in [4.78, 5) is 55.0. The van der Waals surface area contributed by atoms with Crippen molar-refractivity contribution in [2.75, 3.05) is 0 Å². The summed E-state index contributed by atoms with van der Waals surface area (Å²) in [6.07, 6.45) is 2.26. The highest BCUT2D eigenvalue weighted by atomic mass is 16.4. The molecule has 0 saturated heterocycles. The van der Waals surface area contributed by atoms with E-state index in [9.17, 15) is 29.4 Å². The number of H-pyrrole nitrogens is 1. The highest BCUT2D eigenvalue weighted by molar-refractivity contribution is 5.95. The van der Waals surface area contributed by atoms with E-state index in [1.165, 1.54) is 12.1 Å². The van der Waals surface area contributed by atoms with Gasteiger partial charge in [0.15, 0.2) is 0 Å². The molecule has 0 radical (unpaired) electrons. The van der Waals surface area contributed by atoms with Crippen molar-refractivity contribution in [3.8, 4) is 5.75 Å². The molecule has 4 unspecified atom stereocenters. The standard InChI is InChI=1S/C31H41N5O6/c1-17(2)13-26(31(41)42)35-29(39)25(15-20-16-33-24-8-6-5-7-22(20)24)34-30(40)27(18(3)4)36-28(38)23(32)14-19-9-11-21(37)12-10-19/h5-12,16-18,23,25-27,33,37H,13-15,32H2,1-4H3,(H,34,40)(H,35,39)(H,36,38)(H,41,42). The first kappa shape index (κ1) is 32.1. The number of benzene rings is 2. The topological polar surface area (TPSA) is 187 Å². The number of carboxylic acids is 1. The highest BCUT2D eigenvalue weighted by Crippen LogP contribution is 2.20. The van der Waals surface area contributed by atoms with E-state index < -0.39 is 47.9 Å². The quantitative estimate of drug-likeness (QED) is 0.152. The van der Waals surface area contributed by atoms with Crippen LogP contribution in [0.15, 0.2) is 54.7 Å². The van der Waals surface area contributed by atoms with E-state index in [4.69, 9.17) is 5.73 Å². The van der Waals surface area contributed by atoms with Crippen LogP contribution in [0.3, 0.4) is 0 Å². The molecule has 11 heteroatoms. The van der Waals surface area contributed by atoms with Crippen molar-refractivity contribution in [1.29, 1.82) is 0 Å². The fraction of sp³-hybridized carbons (Fsp3) is 0.419. The second-order valence-corrected chi connectivity index (χ2v) is 11.4. The van der Waals surface area contributed by atoms with E-state index in [-0.39, 0.29) is 36.8 Å². The maximum absolute atomic E-state index is 13.5. The molecule has 8 N–H and O–H groups in total. The first-order chi connectivity index (χ1) is 19.8. The molecule has 1 heterocycles. The number of nitrogens with two attached hydrogens (primary N) is 1. The lowest BCUT2D eigenvalue weighted by Gasteiger charge is -2.27. The number of hydrogen-bond donors (Lipinski definition) is 7. The van der Waals surface area contributed by atoms with Crippen molar-refractivity contribution in [3.63, 3.8) is 0 Å².